The number of amidine groups is 1. The van der Waals surface area contributed by atoms with E-state index in [-0.39, 0.29) is 5.54 Å². The van der Waals surface area contributed by atoms with Gasteiger partial charge in [-0.2, -0.15) is 0 Å². The molecule has 0 bridgehead atoms. The third-order valence-corrected chi connectivity index (χ3v) is 6.08. The number of anilines is 1. The topological polar surface area (TPSA) is 24.4 Å². The fourth-order valence-electron chi connectivity index (χ4n) is 3.59. The number of nitrogens with zero attached hydrogens (tertiary/aromatic N) is 1. The highest BCUT2D eigenvalue weighted by Crippen LogP contribution is 2.42. The van der Waals surface area contributed by atoms with E-state index in [1.807, 2.05) is 11.8 Å². The lowest BCUT2D eigenvalue weighted by Crippen LogP contribution is -2.32. The predicted octanol–water partition coefficient (Wildman–Crippen LogP) is 5.08. The molecule has 3 heteroatoms. The van der Waals surface area contributed by atoms with Crippen LogP contribution in [0.25, 0.3) is 0 Å². The number of thioether (sulfide) groups is 1. The van der Waals surface area contributed by atoms with Gasteiger partial charge in [0.15, 0.2) is 5.17 Å². The van der Waals surface area contributed by atoms with E-state index < -0.39 is 0 Å². The molecule has 0 radical (unpaired) electrons. The molecule has 114 valence electrons. The van der Waals surface area contributed by atoms with Crippen LogP contribution in [0.3, 0.4) is 0 Å². The lowest BCUT2D eigenvalue weighted by atomic mass is 9.79. The van der Waals surface area contributed by atoms with Crippen molar-refractivity contribution in [1.82, 2.24) is 0 Å². The summed E-state index contributed by atoms with van der Waals surface area (Å²) in [5.74, 6) is 2.04. The third kappa shape index (κ3) is 3.13. The average molecular weight is 302 g/mol. The molecular weight excluding hydrogens is 276 g/mol. The van der Waals surface area contributed by atoms with Crippen molar-refractivity contribution < 1.29 is 0 Å². The fraction of sp³-hybridized carbons (Fsp3) is 0.611. The molecule has 0 unspecified atom stereocenters. The zero-order chi connectivity index (χ0) is 15.0. The van der Waals surface area contributed by atoms with Gasteiger partial charge in [0, 0.05) is 11.4 Å². The monoisotopic (exact) mass is 302 g/mol. The lowest BCUT2D eigenvalue weighted by molar-refractivity contribution is 0.273. The Kier molecular flexibility index (Phi) is 4.04. The molecule has 21 heavy (non-hydrogen) atoms. The summed E-state index contributed by atoms with van der Waals surface area (Å²) in [4.78, 5) is 5.08. The van der Waals surface area contributed by atoms with Gasteiger partial charge < -0.3 is 5.32 Å². The van der Waals surface area contributed by atoms with E-state index in [1.165, 1.54) is 48.1 Å². The largest absolute Gasteiger partial charge is 0.335 e. The molecule has 2 aliphatic rings. The van der Waals surface area contributed by atoms with Crippen molar-refractivity contribution in [2.75, 3.05) is 11.1 Å². The minimum absolute atomic E-state index is 0.228. The van der Waals surface area contributed by atoms with Crippen LogP contribution < -0.4 is 5.32 Å². The first-order valence-electron chi connectivity index (χ1n) is 8.05. The van der Waals surface area contributed by atoms with Gasteiger partial charge in [-0.3, -0.25) is 4.99 Å². The van der Waals surface area contributed by atoms with Crippen molar-refractivity contribution in [2.24, 2.45) is 10.9 Å². The van der Waals surface area contributed by atoms with Crippen molar-refractivity contribution in [3.63, 3.8) is 0 Å². The van der Waals surface area contributed by atoms with Gasteiger partial charge in [-0.15, -0.1) is 0 Å². The van der Waals surface area contributed by atoms with Gasteiger partial charge >= 0.3 is 0 Å². The maximum absolute atomic E-state index is 5.08. The Morgan fingerprint density at radius 1 is 1.14 bits per heavy atom. The molecule has 1 heterocycles. The molecule has 0 aromatic heterocycles. The number of aliphatic imine (C=N–C) groups is 1. The molecule has 1 saturated carbocycles. The fourth-order valence-corrected chi connectivity index (χ4v) is 4.78. The second-order valence-corrected chi connectivity index (χ2v) is 7.98. The van der Waals surface area contributed by atoms with Gasteiger partial charge in [0.1, 0.15) is 0 Å². The van der Waals surface area contributed by atoms with Crippen LogP contribution in [0.15, 0.2) is 17.1 Å². The van der Waals surface area contributed by atoms with Crippen LogP contribution in [0, 0.1) is 26.7 Å². The molecule has 2 nitrogen and oxygen atoms in total. The average Bonchev–Trinajstić information content (AvgIpc) is 2.81. The van der Waals surface area contributed by atoms with Crippen LogP contribution in [-0.4, -0.2) is 16.5 Å². The maximum atomic E-state index is 5.08. The summed E-state index contributed by atoms with van der Waals surface area (Å²) in [5.41, 5.74) is 5.43. The number of hydrogen-bond donors (Lipinski definition) is 1. The van der Waals surface area contributed by atoms with E-state index in [9.17, 15) is 0 Å². The van der Waals surface area contributed by atoms with Gasteiger partial charge in [0.2, 0.25) is 0 Å². The SMILES string of the molecule is Cc1cc(C)c(NC2=NC3(CCC(C)CC3)CS2)c(C)c1. The molecule has 1 aromatic rings. The molecule has 1 aliphatic heterocycles. The minimum atomic E-state index is 0.228. The highest BCUT2D eigenvalue weighted by Gasteiger charge is 2.38. The van der Waals surface area contributed by atoms with Gasteiger partial charge in [-0.05, 0) is 63.5 Å². The van der Waals surface area contributed by atoms with E-state index in [1.54, 1.807) is 0 Å². The first kappa shape index (κ1) is 15.0. The highest BCUT2D eigenvalue weighted by molar-refractivity contribution is 8.14. The maximum Gasteiger partial charge on any atom is 0.161 e. The number of benzene rings is 1. The first-order chi connectivity index (χ1) is 9.97. The van der Waals surface area contributed by atoms with E-state index >= 15 is 0 Å². The zero-order valence-corrected chi connectivity index (χ0v) is 14.4. The summed E-state index contributed by atoms with van der Waals surface area (Å²) in [6.07, 6.45) is 5.19. The zero-order valence-electron chi connectivity index (χ0n) is 13.6. The van der Waals surface area contributed by atoms with Crippen molar-refractivity contribution in [3.8, 4) is 0 Å². The van der Waals surface area contributed by atoms with Gasteiger partial charge in [0.05, 0.1) is 5.54 Å². The molecule has 1 aliphatic carbocycles. The summed E-state index contributed by atoms with van der Waals surface area (Å²) in [6, 6.07) is 4.49. The quantitative estimate of drug-likeness (QED) is 0.782. The van der Waals surface area contributed by atoms with Crippen molar-refractivity contribution in [3.05, 3.63) is 28.8 Å². The van der Waals surface area contributed by atoms with Gasteiger partial charge in [0.25, 0.3) is 0 Å². The normalized spacial score (nSPS) is 28.8. The Bertz CT molecular complexity index is 546. The van der Waals surface area contributed by atoms with Crippen LogP contribution in [0.4, 0.5) is 5.69 Å². The highest BCUT2D eigenvalue weighted by atomic mass is 32.2. The number of nitrogens with one attached hydrogen (secondary N) is 1. The lowest BCUT2D eigenvalue weighted by Gasteiger charge is -2.32. The second-order valence-electron chi connectivity index (χ2n) is 7.01. The van der Waals surface area contributed by atoms with Crippen LogP contribution in [-0.2, 0) is 0 Å². The van der Waals surface area contributed by atoms with Crippen LogP contribution in [0.5, 0.6) is 0 Å². The van der Waals surface area contributed by atoms with E-state index in [0.29, 0.717) is 0 Å². The van der Waals surface area contributed by atoms with E-state index in [4.69, 9.17) is 4.99 Å². The number of rotatable bonds is 1. The Hall–Kier alpha value is -0.960. The van der Waals surface area contributed by atoms with Crippen molar-refractivity contribution in [2.45, 2.75) is 58.9 Å². The minimum Gasteiger partial charge on any atom is -0.335 e. The van der Waals surface area contributed by atoms with Gasteiger partial charge in [-0.1, -0.05) is 36.4 Å². The Morgan fingerprint density at radius 2 is 1.76 bits per heavy atom. The smallest absolute Gasteiger partial charge is 0.161 e. The first-order valence-corrected chi connectivity index (χ1v) is 9.03. The molecule has 1 aromatic carbocycles. The summed E-state index contributed by atoms with van der Waals surface area (Å²) in [5, 5.41) is 4.73. The molecule has 1 N–H and O–H groups in total. The second kappa shape index (κ2) is 5.68. The summed E-state index contributed by atoms with van der Waals surface area (Å²) in [7, 11) is 0. The molecule has 3 rings (SSSR count). The summed E-state index contributed by atoms with van der Waals surface area (Å²) < 4.78 is 0. The Morgan fingerprint density at radius 3 is 2.38 bits per heavy atom. The van der Waals surface area contributed by atoms with Gasteiger partial charge in [-0.25, -0.2) is 0 Å². The Labute approximate surface area is 132 Å². The molecule has 0 atom stereocenters. The third-order valence-electron chi connectivity index (χ3n) is 4.93. The molecule has 1 spiro atoms. The Balaban J connectivity index is 1.77. The number of aryl methyl sites for hydroxylation is 3. The molecule has 1 fully saturated rings. The summed E-state index contributed by atoms with van der Waals surface area (Å²) in [6.45, 7) is 8.89. The van der Waals surface area contributed by atoms with Crippen molar-refractivity contribution in [1.29, 1.82) is 0 Å². The van der Waals surface area contributed by atoms with Crippen LogP contribution in [0.2, 0.25) is 0 Å². The van der Waals surface area contributed by atoms with Crippen LogP contribution >= 0.6 is 11.8 Å². The molecular formula is C18H26N2S. The standard InChI is InChI=1S/C18H26N2S/c1-12-5-7-18(8-6-12)11-21-17(20-18)19-16-14(3)9-13(2)10-15(16)4/h9-10,12H,5-8,11H2,1-4H3,(H,19,20). The van der Waals surface area contributed by atoms with E-state index in [0.717, 1.165) is 16.8 Å². The van der Waals surface area contributed by atoms with Crippen molar-refractivity contribution >= 4 is 22.6 Å². The van der Waals surface area contributed by atoms with E-state index in [2.05, 4.69) is 45.1 Å². The summed E-state index contributed by atoms with van der Waals surface area (Å²) >= 11 is 1.90. The number of hydrogen-bond acceptors (Lipinski definition) is 3. The molecule has 0 saturated heterocycles. The molecule has 0 amide bonds. The predicted molar refractivity (Wildman–Crippen MR) is 94.5 cm³/mol. The van der Waals surface area contributed by atoms with Crippen LogP contribution in [0.1, 0.15) is 49.3 Å².